The Morgan fingerprint density at radius 1 is 1.13 bits per heavy atom. The lowest BCUT2D eigenvalue weighted by Crippen LogP contribution is -2.42. The van der Waals surface area contributed by atoms with Crippen molar-refractivity contribution in [3.05, 3.63) is 17.6 Å². The van der Waals surface area contributed by atoms with E-state index in [0.29, 0.717) is 6.54 Å². The highest BCUT2D eigenvalue weighted by molar-refractivity contribution is 5.40. The molecule has 0 radical (unpaired) electrons. The van der Waals surface area contributed by atoms with Crippen LogP contribution in [0.5, 0.6) is 0 Å². The van der Waals surface area contributed by atoms with E-state index in [1.54, 1.807) is 0 Å². The standard InChI is InChI=1S/C18H31N5/c1-15-20-17(7-8-19)12-18(21-15)23-11-5-6-16(14-23)13-22-9-3-2-4-10-22/h12,16H,2-11,13-14,19H2,1H3/t16-/m1/s1. The fourth-order valence-corrected chi connectivity index (χ4v) is 3.98. The monoisotopic (exact) mass is 317 g/mol. The fraction of sp³-hybridized carbons (Fsp3) is 0.778. The largest absolute Gasteiger partial charge is 0.356 e. The molecule has 2 N–H and O–H groups in total. The molecule has 0 saturated carbocycles. The van der Waals surface area contributed by atoms with E-state index in [2.05, 4.69) is 25.8 Å². The van der Waals surface area contributed by atoms with Crippen LogP contribution in [0, 0.1) is 12.8 Å². The molecule has 2 fully saturated rings. The lowest BCUT2D eigenvalue weighted by atomic mass is 9.96. The van der Waals surface area contributed by atoms with Gasteiger partial charge in [-0.25, -0.2) is 9.97 Å². The van der Waals surface area contributed by atoms with E-state index >= 15 is 0 Å². The van der Waals surface area contributed by atoms with Gasteiger partial charge in [0.25, 0.3) is 0 Å². The summed E-state index contributed by atoms with van der Waals surface area (Å²) < 4.78 is 0. The molecule has 0 unspecified atom stereocenters. The molecular weight excluding hydrogens is 286 g/mol. The smallest absolute Gasteiger partial charge is 0.132 e. The number of piperidine rings is 2. The SMILES string of the molecule is Cc1nc(CCN)cc(N2CCC[C@H](CN3CCCCC3)C2)n1. The van der Waals surface area contributed by atoms with E-state index in [0.717, 1.165) is 42.8 Å². The number of nitrogens with zero attached hydrogens (tertiary/aromatic N) is 4. The van der Waals surface area contributed by atoms with Crippen LogP contribution in [0.2, 0.25) is 0 Å². The minimum absolute atomic E-state index is 0.646. The van der Waals surface area contributed by atoms with E-state index < -0.39 is 0 Å². The average molecular weight is 317 g/mol. The summed E-state index contributed by atoms with van der Waals surface area (Å²) in [7, 11) is 0. The summed E-state index contributed by atoms with van der Waals surface area (Å²) in [5, 5.41) is 0. The minimum atomic E-state index is 0.646. The number of likely N-dealkylation sites (tertiary alicyclic amines) is 1. The number of aryl methyl sites for hydroxylation is 1. The van der Waals surface area contributed by atoms with Gasteiger partial charge in [0.15, 0.2) is 0 Å². The number of aromatic nitrogens is 2. The van der Waals surface area contributed by atoms with E-state index in [9.17, 15) is 0 Å². The first-order chi connectivity index (χ1) is 11.2. The Morgan fingerprint density at radius 2 is 1.96 bits per heavy atom. The van der Waals surface area contributed by atoms with Crippen molar-refractivity contribution in [2.45, 2.75) is 45.4 Å². The molecule has 0 aromatic carbocycles. The quantitative estimate of drug-likeness (QED) is 0.900. The second kappa shape index (κ2) is 8.06. The lowest BCUT2D eigenvalue weighted by molar-refractivity contribution is 0.185. The first-order valence-corrected chi connectivity index (χ1v) is 9.26. The highest BCUT2D eigenvalue weighted by atomic mass is 15.2. The molecule has 1 aromatic rings. The molecule has 23 heavy (non-hydrogen) atoms. The summed E-state index contributed by atoms with van der Waals surface area (Å²) in [5.41, 5.74) is 6.76. The van der Waals surface area contributed by atoms with Crippen LogP contribution in [-0.4, -0.2) is 54.1 Å². The van der Waals surface area contributed by atoms with Crippen LogP contribution >= 0.6 is 0 Å². The molecule has 0 spiro atoms. The van der Waals surface area contributed by atoms with E-state index in [-0.39, 0.29) is 0 Å². The van der Waals surface area contributed by atoms with Gasteiger partial charge in [-0.1, -0.05) is 6.42 Å². The third-order valence-corrected chi connectivity index (χ3v) is 5.09. The predicted molar refractivity (Wildman–Crippen MR) is 94.8 cm³/mol. The molecule has 2 saturated heterocycles. The second-order valence-corrected chi connectivity index (χ2v) is 7.12. The highest BCUT2D eigenvalue weighted by Crippen LogP contribution is 2.24. The molecule has 3 rings (SSSR count). The Bertz CT molecular complexity index is 498. The van der Waals surface area contributed by atoms with Crippen molar-refractivity contribution in [3.63, 3.8) is 0 Å². The first-order valence-electron chi connectivity index (χ1n) is 9.26. The molecule has 128 valence electrons. The van der Waals surface area contributed by atoms with Crippen molar-refractivity contribution >= 4 is 5.82 Å². The van der Waals surface area contributed by atoms with Crippen molar-refractivity contribution in [3.8, 4) is 0 Å². The van der Waals surface area contributed by atoms with Crippen LogP contribution in [0.25, 0.3) is 0 Å². The van der Waals surface area contributed by atoms with Gasteiger partial charge >= 0.3 is 0 Å². The molecule has 0 bridgehead atoms. The van der Waals surface area contributed by atoms with Crippen molar-refractivity contribution < 1.29 is 0 Å². The van der Waals surface area contributed by atoms with Gasteiger partial charge in [-0.15, -0.1) is 0 Å². The summed E-state index contributed by atoms with van der Waals surface area (Å²) >= 11 is 0. The molecule has 3 heterocycles. The molecule has 0 amide bonds. The van der Waals surface area contributed by atoms with E-state index in [4.69, 9.17) is 5.73 Å². The topological polar surface area (TPSA) is 58.3 Å². The van der Waals surface area contributed by atoms with Crippen molar-refractivity contribution in [2.24, 2.45) is 11.7 Å². The predicted octanol–water partition coefficient (Wildman–Crippen LogP) is 1.99. The molecule has 2 aliphatic rings. The van der Waals surface area contributed by atoms with Gasteiger partial charge < -0.3 is 15.5 Å². The lowest BCUT2D eigenvalue weighted by Gasteiger charge is -2.37. The Kier molecular flexibility index (Phi) is 5.84. The molecule has 2 aliphatic heterocycles. The summed E-state index contributed by atoms with van der Waals surface area (Å²) in [6.07, 6.45) is 7.63. The van der Waals surface area contributed by atoms with Crippen LogP contribution in [0.1, 0.15) is 43.6 Å². The van der Waals surface area contributed by atoms with Gasteiger partial charge in [-0.05, 0) is 58.2 Å². The van der Waals surface area contributed by atoms with Crippen LogP contribution in [0.3, 0.4) is 0 Å². The van der Waals surface area contributed by atoms with Gasteiger partial charge in [0.2, 0.25) is 0 Å². The number of hydrogen-bond donors (Lipinski definition) is 1. The number of nitrogens with two attached hydrogens (primary N) is 1. The summed E-state index contributed by atoms with van der Waals surface area (Å²) in [6.45, 7) is 8.74. The van der Waals surface area contributed by atoms with Crippen LogP contribution in [0.4, 0.5) is 5.82 Å². The Labute approximate surface area is 140 Å². The van der Waals surface area contributed by atoms with Crippen LogP contribution in [0.15, 0.2) is 6.07 Å². The van der Waals surface area contributed by atoms with Crippen LogP contribution < -0.4 is 10.6 Å². The van der Waals surface area contributed by atoms with Crippen LogP contribution in [-0.2, 0) is 6.42 Å². The zero-order valence-electron chi connectivity index (χ0n) is 14.5. The van der Waals surface area contributed by atoms with Crippen molar-refractivity contribution in [1.82, 2.24) is 14.9 Å². The summed E-state index contributed by atoms with van der Waals surface area (Å²) in [5.74, 6) is 2.74. The molecule has 0 aliphatic carbocycles. The van der Waals surface area contributed by atoms with Gasteiger partial charge in [0.05, 0.1) is 0 Å². The maximum Gasteiger partial charge on any atom is 0.132 e. The Balaban J connectivity index is 1.63. The van der Waals surface area contributed by atoms with Gasteiger partial charge in [-0.3, -0.25) is 0 Å². The third kappa shape index (κ3) is 4.64. The first kappa shape index (κ1) is 16.7. The van der Waals surface area contributed by atoms with Gasteiger partial charge in [-0.2, -0.15) is 0 Å². The maximum atomic E-state index is 5.69. The van der Waals surface area contributed by atoms with Crippen molar-refractivity contribution in [2.75, 3.05) is 44.2 Å². The summed E-state index contributed by atoms with van der Waals surface area (Å²) in [4.78, 5) is 14.3. The van der Waals surface area contributed by atoms with Gasteiger partial charge in [0, 0.05) is 37.8 Å². The highest BCUT2D eigenvalue weighted by Gasteiger charge is 2.24. The van der Waals surface area contributed by atoms with Crippen molar-refractivity contribution in [1.29, 1.82) is 0 Å². The minimum Gasteiger partial charge on any atom is -0.356 e. The molecule has 1 atom stereocenters. The molecule has 1 aromatic heterocycles. The van der Waals surface area contributed by atoms with E-state index in [1.807, 2.05) is 6.92 Å². The second-order valence-electron chi connectivity index (χ2n) is 7.12. The summed E-state index contributed by atoms with van der Waals surface area (Å²) in [6, 6.07) is 2.14. The average Bonchev–Trinajstić information content (AvgIpc) is 2.56. The zero-order chi connectivity index (χ0) is 16.1. The fourth-order valence-electron chi connectivity index (χ4n) is 3.98. The Hall–Kier alpha value is -1.20. The maximum absolute atomic E-state index is 5.69. The number of hydrogen-bond acceptors (Lipinski definition) is 5. The third-order valence-electron chi connectivity index (χ3n) is 5.09. The normalized spacial score (nSPS) is 23.2. The molecule has 5 nitrogen and oxygen atoms in total. The Morgan fingerprint density at radius 3 is 2.74 bits per heavy atom. The van der Waals surface area contributed by atoms with E-state index in [1.165, 1.54) is 51.7 Å². The number of anilines is 1. The zero-order valence-corrected chi connectivity index (χ0v) is 14.5. The number of rotatable bonds is 5. The molecular formula is C18H31N5. The van der Waals surface area contributed by atoms with Gasteiger partial charge in [0.1, 0.15) is 11.6 Å². The molecule has 5 heteroatoms.